The average Bonchev–Trinajstić information content (AvgIpc) is 2.80. The van der Waals surface area contributed by atoms with Gasteiger partial charge in [0.05, 0.1) is 12.6 Å². The number of alkyl halides is 1. The molecule has 0 aromatic rings. The molecule has 1 fully saturated rings. The number of hydrogen-bond acceptors (Lipinski definition) is 5. The lowest BCUT2D eigenvalue weighted by Gasteiger charge is -2.20. The Hall–Kier alpha value is -1.18. The van der Waals surface area contributed by atoms with Gasteiger partial charge in [0.1, 0.15) is 12.3 Å². The predicted molar refractivity (Wildman–Crippen MR) is 68.8 cm³/mol. The van der Waals surface area contributed by atoms with Crippen LogP contribution in [0.2, 0.25) is 0 Å². The third-order valence-corrected chi connectivity index (χ3v) is 3.00. The van der Waals surface area contributed by atoms with Gasteiger partial charge >= 0.3 is 0 Å². The van der Waals surface area contributed by atoms with E-state index in [2.05, 4.69) is 5.32 Å². The Labute approximate surface area is 112 Å². The van der Waals surface area contributed by atoms with E-state index in [0.717, 1.165) is 0 Å². The van der Waals surface area contributed by atoms with Gasteiger partial charge in [-0.25, -0.2) is 4.39 Å². The number of methoxy groups -OCH3 is 1. The lowest BCUT2D eigenvalue weighted by atomic mass is 10.0. The molecule has 3 atom stereocenters. The smallest absolute Gasteiger partial charge is 0.207 e. The lowest BCUT2D eigenvalue weighted by molar-refractivity contribution is -0.168. The molecule has 0 aromatic carbocycles. The van der Waals surface area contributed by atoms with E-state index in [1.165, 1.54) is 6.20 Å². The first kappa shape index (κ1) is 15.9. The monoisotopic (exact) mass is 275 g/mol. The molecule has 110 valence electrons. The summed E-state index contributed by atoms with van der Waals surface area (Å²) in [7, 11) is 1.59. The Balaban J connectivity index is 2.49. The SMILES string of the molecule is COCCN1C[C@@H](NC=O)[C@H](C(F)CC/C=C\N)O1. The Morgan fingerprint density at radius 3 is 3.11 bits per heavy atom. The Morgan fingerprint density at radius 1 is 1.68 bits per heavy atom. The molecule has 0 spiro atoms. The molecule has 3 N–H and O–H groups in total. The molecule has 0 bridgehead atoms. The topological polar surface area (TPSA) is 76.8 Å². The number of carbonyl (C=O) groups is 1. The van der Waals surface area contributed by atoms with Crippen molar-refractivity contribution in [2.24, 2.45) is 5.73 Å². The van der Waals surface area contributed by atoms with Crippen molar-refractivity contribution in [1.29, 1.82) is 0 Å². The molecule has 0 radical (unpaired) electrons. The number of hydrogen-bond donors (Lipinski definition) is 2. The second kappa shape index (κ2) is 8.84. The number of amides is 1. The molecule has 0 aliphatic carbocycles. The first-order valence-electron chi connectivity index (χ1n) is 6.34. The highest BCUT2D eigenvalue weighted by molar-refractivity contribution is 5.47. The molecule has 0 saturated carbocycles. The number of nitrogens with zero attached hydrogens (tertiary/aromatic N) is 1. The molecular formula is C12H22FN3O3. The number of rotatable bonds is 9. The summed E-state index contributed by atoms with van der Waals surface area (Å²) < 4.78 is 19.0. The van der Waals surface area contributed by atoms with E-state index in [1.54, 1.807) is 18.2 Å². The quantitative estimate of drug-likeness (QED) is 0.577. The number of halogens is 1. The van der Waals surface area contributed by atoms with Gasteiger partial charge in [0.25, 0.3) is 0 Å². The summed E-state index contributed by atoms with van der Waals surface area (Å²) in [5, 5.41) is 4.23. The van der Waals surface area contributed by atoms with Crippen LogP contribution in [0.25, 0.3) is 0 Å². The van der Waals surface area contributed by atoms with Crippen molar-refractivity contribution >= 4 is 6.41 Å². The van der Waals surface area contributed by atoms with Crippen LogP contribution in [0.1, 0.15) is 12.8 Å². The molecule has 1 rings (SSSR count). The van der Waals surface area contributed by atoms with Crippen LogP contribution in [0.4, 0.5) is 4.39 Å². The second-order valence-corrected chi connectivity index (χ2v) is 4.36. The van der Waals surface area contributed by atoms with Gasteiger partial charge in [0.15, 0.2) is 0 Å². The number of ether oxygens (including phenoxy) is 1. The summed E-state index contributed by atoms with van der Waals surface area (Å²) in [6, 6.07) is -0.341. The van der Waals surface area contributed by atoms with Gasteiger partial charge in [-0.2, -0.15) is 5.06 Å². The number of hydroxylamine groups is 2. The second-order valence-electron chi connectivity index (χ2n) is 4.36. The van der Waals surface area contributed by atoms with Crippen LogP contribution in [0.5, 0.6) is 0 Å². The first-order valence-corrected chi connectivity index (χ1v) is 6.34. The maximum atomic E-state index is 14.1. The van der Waals surface area contributed by atoms with Gasteiger partial charge in [-0.1, -0.05) is 6.08 Å². The van der Waals surface area contributed by atoms with Gasteiger partial charge in [-0.15, -0.1) is 0 Å². The molecular weight excluding hydrogens is 253 g/mol. The van der Waals surface area contributed by atoms with Crippen molar-refractivity contribution in [3.8, 4) is 0 Å². The van der Waals surface area contributed by atoms with Crippen LogP contribution in [0, 0.1) is 0 Å². The van der Waals surface area contributed by atoms with Crippen molar-refractivity contribution in [1.82, 2.24) is 10.4 Å². The van der Waals surface area contributed by atoms with E-state index in [9.17, 15) is 9.18 Å². The van der Waals surface area contributed by atoms with Crippen LogP contribution in [0.15, 0.2) is 12.3 Å². The molecule has 1 aliphatic heterocycles. The largest absolute Gasteiger partial charge is 0.405 e. The van der Waals surface area contributed by atoms with Crippen molar-refractivity contribution in [3.05, 3.63) is 12.3 Å². The van der Waals surface area contributed by atoms with Gasteiger partial charge in [-0.3, -0.25) is 9.63 Å². The predicted octanol–water partition coefficient (Wildman–Crippen LogP) is -0.0461. The fourth-order valence-electron chi connectivity index (χ4n) is 2.02. The highest BCUT2D eigenvalue weighted by Crippen LogP contribution is 2.22. The van der Waals surface area contributed by atoms with Crippen molar-refractivity contribution in [3.63, 3.8) is 0 Å². The zero-order chi connectivity index (χ0) is 14.1. The Kier molecular flexibility index (Phi) is 7.39. The first-order chi connectivity index (χ1) is 9.22. The van der Waals surface area contributed by atoms with E-state index in [4.69, 9.17) is 15.3 Å². The summed E-state index contributed by atoms with van der Waals surface area (Å²) in [5.41, 5.74) is 5.21. The Bertz CT molecular complexity index is 291. The van der Waals surface area contributed by atoms with Crippen LogP contribution in [0.3, 0.4) is 0 Å². The van der Waals surface area contributed by atoms with E-state index in [-0.39, 0.29) is 6.04 Å². The maximum Gasteiger partial charge on any atom is 0.207 e. The molecule has 1 unspecified atom stereocenters. The maximum absolute atomic E-state index is 14.1. The average molecular weight is 275 g/mol. The third-order valence-electron chi connectivity index (χ3n) is 3.00. The van der Waals surface area contributed by atoms with Crippen molar-refractivity contribution in [2.75, 3.05) is 26.8 Å². The fourth-order valence-corrected chi connectivity index (χ4v) is 2.02. The van der Waals surface area contributed by atoms with Crippen LogP contribution < -0.4 is 11.1 Å². The van der Waals surface area contributed by atoms with Crippen LogP contribution in [-0.4, -0.2) is 56.6 Å². The zero-order valence-electron chi connectivity index (χ0n) is 11.1. The zero-order valence-corrected chi connectivity index (χ0v) is 11.1. The van der Waals surface area contributed by atoms with E-state index < -0.39 is 12.3 Å². The molecule has 6 nitrogen and oxygen atoms in total. The van der Waals surface area contributed by atoms with E-state index in [1.807, 2.05) is 0 Å². The summed E-state index contributed by atoms with van der Waals surface area (Å²) in [6.07, 6.45) is 2.72. The third kappa shape index (κ3) is 5.14. The van der Waals surface area contributed by atoms with Gasteiger partial charge in [0, 0.05) is 20.2 Å². The van der Waals surface area contributed by atoms with Gasteiger partial charge in [-0.05, 0) is 19.0 Å². The highest BCUT2D eigenvalue weighted by Gasteiger charge is 2.39. The van der Waals surface area contributed by atoms with Crippen molar-refractivity contribution < 1.29 is 18.8 Å². The molecule has 1 aliphatic rings. The van der Waals surface area contributed by atoms with Crippen LogP contribution >= 0.6 is 0 Å². The van der Waals surface area contributed by atoms with E-state index in [0.29, 0.717) is 38.9 Å². The molecule has 1 heterocycles. The molecule has 1 amide bonds. The Morgan fingerprint density at radius 2 is 2.47 bits per heavy atom. The summed E-state index contributed by atoms with van der Waals surface area (Å²) in [4.78, 5) is 16.1. The van der Waals surface area contributed by atoms with Crippen molar-refractivity contribution in [2.45, 2.75) is 31.2 Å². The minimum absolute atomic E-state index is 0.313. The minimum atomic E-state index is -1.15. The standard InChI is InChI=1S/C12H22FN3O3/c1-18-7-6-16-8-11(15-9-17)12(19-16)10(13)4-2-3-5-14/h3,5,9-12H,2,4,6-8,14H2,1H3,(H,15,17)/b5-3-/t10?,11-,12+/m1/s1. The summed E-state index contributed by atoms with van der Waals surface area (Å²) in [6.45, 7) is 1.49. The van der Waals surface area contributed by atoms with E-state index >= 15 is 0 Å². The number of nitrogens with two attached hydrogens (primary N) is 1. The van der Waals surface area contributed by atoms with Gasteiger partial charge in [0.2, 0.25) is 6.41 Å². The number of nitrogens with one attached hydrogen (secondary N) is 1. The fraction of sp³-hybridized carbons (Fsp3) is 0.750. The van der Waals surface area contributed by atoms with Crippen LogP contribution in [-0.2, 0) is 14.4 Å². The minimum Gasteiger partial charge on any atom is -0.405 e. The molecule has 7 heteroatoms. The summed E-state index contributed by atoms with van der Waals surface area (Å²) >= 11 is 0. The molecule has 1 saturated heterocycles. The summed E-state index contributed by atoms with van der Waals surface area (Å²) in [5.74, 6) is 0. The lowest BCUT2D eigenvalue weighted by Crippen LogP contribution is -2.42. The normalized spacial score (nSPS) is 25.8. The highest BCUT2D eigenvalue weighted by atomic mass is 19.1. The van der Waals surface area contributed by atoms with Gasteiger partial charge < -0.3 is 15.8 Å². The molecule has 0 aromatic heterocycles. The molecule has 19 heavy (non-hydrogen) atoms. The number of carbonyl (C=O) groups excluding carboxylic acids is 1. The number of allylic oxidation sites excluding steroid dienone is 1.